The van der Waals surface area contributed by atoms with Crippen LogP contribution in [0, 0.1) is 11.8 Å². The second-order valence-electron chi connectivity index (χ2n) is 8.37. The maximum absolute atomic E-state index is 12.8. The van der Waals surface area contributed by atoms with Crippen molar-refractivity contribution in [3.05, 3.63) is 29.0 Å². The fourth-order valence-electron chi connectivity index (χ4n) is 4.54. The SMILES string of the molecule is CC1CC(C)CN(C(=O)CN2CCN(c3ncnc4ccc(Br)cc34)CC2)C1. The fraction of sp³-hybridized carbons (Fsp3) is 0.571. The van der Waals surface area contributed by atoms with E-state index in [-0.39, 0.29) is 5.91 Å². The number of carbonyl (C=O) groups is 1. The van der Waals surface area contributed by atoms with Crippen molar-refractivity contribution >= 4 is 38.6 Å². The van der Waals surface area contributed by atoms with Gasteiger partial charge in [0, 0.05) is 49.1 Å². The first kappa shape index (κ1) is 19.6. The summed E-state index contributed by atoms with van der Waals surface area (Å²) in [5.41, 5.74) is 0.958. The Balaban J connectivity index is 1.37. The molecular formula is C21H28BrN5O. The molecule has 1 aromatic carbocycles. The molecule has 0 aliphatic carbocycles. The van der Waals surface area contributed by atoms with Gasteiger partial charge in [0.1, 0.15) is 12.1 Å². The van der Waals surface area contributed by atoms with Crippen molar-refractivity contribution < 1.29 is 4.79 Å². The Morgan fingerprint density at radius 3 is 2.54 bits per heavy atom. The molecule has 0 N–H and O–H groups in total. The number of hydrogen-bond acceptors (Lipinski definition) is 5. The average Bonchev–Trinajstić information content (AvgIpc) is 2.67. The number of aromatic nitrogens is 2. The van der Waals surface area contributed by atoms with E-state index in [0.29, 0.717) is 18.4 Å². The number of likely N-dealkylation sites (tertiary alicyclic amines) is 1. The van der Waals surface area contributed by atoms with Crippen molar-refractivity contribution in [3.63, 3.8) is 0 Å². The van der Waals surface area contributed by atoms with E-state index in [1.165, 1.54) is 6.42 Å². The van der Waals surface area contributed by atoms with Gasteiger partial charge in [0.25, 0.3) is 0 Å². The molecular weight excluding hydrogens is 418 g/mol. The number of halogens is 1. The molecule has 7 heteroatoms. The van der Waals surface area contributed by atoms with Gasteiger partial charge >= 0.3 is 0 Å². The highest BCUT2D eigenvalue weighted by molar-refractivity contribution is 9.10. The molecule has 2 saturated heterocycles. The van der Waals surface area contributed by atoms with E-state index < -0.39 is 0 Å². The molecule has 2 aromatic rings. The third-order valence-electron chi connectivity index (χ3n) is 5.83. The number of fused-ring (bicyclic) bond motifs is 1. The van der Waals surface area contributed by atoms with Crippen LogP contribution in [-0.2, 0) is 4.79 Å². The Morgan fingerprint density at radius 2 is 1.82 bits per heavy atom. The van der Waals surface area contributed by atoms with Crippen LogP contribution in [0.15, 0.2) is 29.0 Å². The predicted molar refractivity (Wildman–Crippen MR) is 115 cm³/mol. The van der Waals surface area contributed by atoms with Crippen LogP contribution >= 0.6 is 15.9 Å². The molecule has 2 atom stereocenters. The van der Waals surface area contributed by atoms with Crippen LogP contribution in [0.4, 0.5) is 5.82 Å². The van der Waals surface area contributed by atoms with Gasteiger partial charge in [0.05, 0.1) is 12.1 Å². The Morgan fingerprint density at radius 1 is 1.11 bits per heavy atom. The largest absolute Gasteiger partial charge is 0.353 e. The highest BCUT2D eigenvalue weighted by Crippen LogP contribution is 2.27. The van der Waals surface area contributed by atoms with E-state index in [9.17, 15) is 4.79 Å². The van der Waals surface area contributed by atoms with Crippen LogP contribution in [0.25, 0.3) is 10.9 Å². The monoisotopic (exact) mass is 445 g/mol. The first-order chi connectivity index (χ1) is 13.5. The minimum atomic E-state index is 0.281. The molecule has 0 bridgehead atoms. The van der Waals surface area contributed by atoms with Gasteiger partial charge in [-0.05, 0) is 36.5 Å². The molecule has 150 valence electrons. The van der Waals surface area contributed by atoms with Gasteiger partial charge in [0.2, 0.25) is 5.91 Å². The highest BCUT2D eigenvalue weighted by atomic mass is 79.9. The van der Waals surface area contributed by atoms with Crippen molar-refractivity contribution in [3.8, 4) is 0 Å². The van der Waals surface area contributed by atoms with Crippen LogP contribution in [-0.4, -0.2) is 71.5 Å². The van der Waals surface area contributed by atoms with Crippen LogP contribution in [0.1, 0.15) is 20.3 Å². The lowest BCUT2D eigenvalue weighted by Crippen LogP contribution is -2.52. The summed E-state index contributed by atoms with van der Waals surface area (Å²) in [6, 6.07) is 6.10. The third kappa shape index (κ3) is 4.30. The Hall–Kier alpha value is -1.73. The van der Waals surface area contributed by atoms with Crippen molar-refractivity contribution in [1.82, 2.24) is 19.8 Å². The highest BCUT2D eigenvalue weighted by Gasteiger charge is 2.28. The molecule has 2 aliphatic heterocycles. The number of nitrogens with zero attached hydrogens (tertiary/aromatic N) is 5. The maximum atomic E-state index is 12.8. The van der Waals surface area contributed by atoms with E-state index >= 15 is 0 Å². The Kier molecular flexibility index (Phi) is 5.83. The topological polar surface area (TPSA) is 52.6 Å². The number of rotatable bonds is 3. The minimum absolute atomic E-state index is 0.281. The molecule has 28 heavy (non-hydrogen) atoms. The van der Waals surface area contributed by atoms with Gasteiger partial charge in [-0.2, -0.15) is 0 Å². The van der Waals surface area contributed by atoms with Gasteiger partial charge in [0.15, 0.2) is 0 Å². The van der Waals surface area contributed by atoms with Crippen molar-refractivity contribution in [1.29, 1.82) is 0 Å². The summed E-state index contributed by atoms with van der Waals surface area (Å²) in [6.07, 6.45) is 2.87. The molecule has 2 fully saturated rings. The van der Waals surface area contributed by atoms with Crippen molar-refractivity contribution in [2.45, 2.75) is 20.3 Å². The molecule has 4 rings (SSSR count). The molecule has 1 amide bonds. The Bertz CT molecular complexity index is 842. The maximum Gasteiger partial charge on any atom is 0.236 e. The van der Waals surface area contributed by atoms with E-state index in [1.807, 2.05) is 12.1 Å². The number of piperazine rings is 1. The van der Waals surface area contributed by atoms with Gasteiger partial charge in [-0.1, -0.05) is 29.8 Å². The minimum Gasteiger partial charge on any atom is -0.353 e. The van der Waals surface area contributed by atoms with Crippen LogP contribution in [0.2, 0.25) is 0 Å². The molecule has 1 aromatic heterocycles. The number of amides is 1. The summed E-state index contributed by atoms with van der Waals surface area (Å²) >= 11 is 3.55. The summed E-state index contributed by atoms with van der Waals surface area (Å²) in [5.74, 6) is 2.48. The van der Waals surface area contributed by atoms with Crippen molar-refractivity contribution in [2.24, 2.45) is 11.8 Å². The van der Waals surface area contributed by atoms with E-state index in [2.05, 4.69) is 60.5 Å². The molecule has 0 spiro atoms. The van der Waals surface area contributed by atoms with Gasteiger partial charge in [-0.25, -0.2) is 9.97 Å². The lowest BCUT2D eigenvalue weighted by molar-refractivity contribution is -0.135. The summed E-state index contributed by atoms with van der Waals surface area (Å²) in [6.45, 7) is 10.4. The summed E-state index contributed by atoms with van der Waals surface area (Å²) in [7, 11) is 0. The predicted octanol–water partition coefficient (Wildman–Crippen LogP) is 3.02. The van der Waals surface area contributed by atoms with Crippen LogP contribution < -0.4 is 4.90 Å². The average molecular weight is 446 g/mol. The molecule has 2 unspecified atom stereocenters. The molecule has 2 aliphatic rings. The van der Waals surface area contributed by atoms with E-state index in [1.54, 1.807) is 6.33 Å². The van der Waals surface area contributed by atoms with E-state index in [4.69, 9.17) is 0 Å². The summed E-state index contributed by atoms with van der Waals surface area (Å²) in [4.78, 5) is 28.3. The lowest BCUT2D eigenvalue weighted by atomic mass is 9.92. The molecule has 0 radical (unpaired) electrons. The normalized spacial score (nSPS) is 24.0. The number of hydrogen-bond donors (Lipinski definition) is 0. The third-order valence-corrected chi connectivity index (χ3v) is 6.32. The second kappa shape index (κ2) is 8.33. The number of piperidine rings is 1. The zero-order valence-electron chi connectivity index (χ0n) is 16.6. The summed E-state index contributed by atoms with van der Waals surface area (Å²) < 4.78 is 1.03. The van der Waals surface area contributed by atoms with Gasteiger partial charge in [-0.15, -0.1) is 0 Å². The standard InChI is InChI=1S/C21H28BrN5O/c1-15-9-16(2)12-27(11-15)20(28)13-25-5-7-26(8-6-25)21-18-10-17(22)3-4-19(18)23-14-24-21/h3-4,10,14-16H,5-9,11-13H2,1-2H3. The first-order valence-electron chi connectivity index (χ1n) is 10.1. The van der Waals surface area contributed by atoms with Crippen LogP contribution in [0.3, 0.4) is 0 Å². The van der Waals surface area contributed by atoms with Gasteiger partial charge < -0.3 is 9.80 Å². The first-order valence-corrected chi connectivity index (χ1v) is 10.9. The molecule has 3 heterocycles. The second-order valence-corrected chi connectivity index (χ2v) is 9.28. The zero-order valence-corrected chi connectivity index (χ0v) is 18.2. The summed E-state index contributed by atoms with van der Waals surface area (Å²) in [5, 5.41) is 1.07. The number of carbonyl (C=O) groups excluding carboxylic acids is 1. The van der Waals surface area contributed by atoms with E-state index in [0.717, 1.165) is 60.5 Å². The van der Waals surface area contributed by atoms with Gasteiger partial charge in [-0.3, -0.25) is 9.69 Å². The zero-order chi connectivity index (χ0) is 19.7. The van der Waals surface area contributed by atoms with Crippen molar-refractivity contribution in [2.75, 3.05) is 50.7 Å². The smallest absolute Gasteiger partial charge is 0.236 e. The molecule has 6 nitrogen and oxygen atoms in total. The van der Waals surface area contributed by atoms with Crippen LogP contribution in [0.5, 0.6) is 0 Å². The quantitative estimate of drug-likeness (QED) is 0.726. The number of anilines is 1. The lowest BCUT2D eigenvalue weighted by Gasteiger charge is -2.38. The molecule has 0 saturated carbocycles. The number of benzene rings is 1. The Labute approximate surface area is 175 Å². The fourth-order valence-corrected chi connectivity index (χ4v) is 4.90.